The Labute approximate surface area is 137 Å². The minimum atomic E-state index is -0.267. The predicted molar refractivity (Wildman–Crippen MR) is 94.3 cm³/mol. The van der Waals surface area contributed by atoms with E-state index in [0.717, 1.165) is 16.5 Å². The van der Waals surface area contributed by atoms with E-state index in [0.29, 0.717) is 6.54 Å². The first kappa shape index (κ1) is 15.2. The first-order valence-electron chi connectivity index (χ1n) is 7.02. The molecule has 0 aliphatic rings. The second-order valence-electron chi connectivity index (χ2n) is 4.89. The van der Waals surface area contributed by atoms with Gasteiger partial charge in [0.05, 0.1) is 12.8 Å². The lowest BCUT2D eigenvalue weighted by Gasteiger charge is -2.00. The van der Waals surface area contributed by atoms with Gasteiger partial charge in [-0.15, -0.1) is 11.3 Å². The van der Waals surface area contributed by atoms with Gasteiger partial charge in [0.15, 0.2) is 0 Å². The molecular weight excluding hydrogens is 311 g/mol. The summed E-state index contributed by atoms with van der Waals surface area (Å²) in [7, 11) is 0. The molecule has 4 nitrogen and oxygen atoms in total. The zero-order valence-electron chi connectivity index (χ0n) is 12.2. The number of nitrogens with two attached hydrogens (primary N) is 1. The number of nitrogens with zero attached hydrogens (tertiary/aromatic N) is 2. The van der Waals surface area contributed by atoms with E-state index in [9.17, 15) is 4.39 Å². The molecule has 0 aliphatic heterocycles. The fourth-order valence-corrected chi connectivity index (χ4v) is 2.98. The molecule has 0 fully saturated rings. The number of thiophene rings is 1. The monoisotopic (exact) mass is 326 g/mol. The first-order valence-corrected chi connectivity index (χ1v) is 7.90. The summed E-state index contributed by atoms with van der Waals surface area (Å²) in [6.07, 6.45) is 1.72. The van der Waals surface area contributed by atoms with Gasteiger partial charge < -0.3 is 5.73 Å². The molecule has 0 atom stereocenters. The van der Waals surface area contributed by atoms with Crippen LogP contribution in [-0.4, -0.2) is 12.2 Å². The lowest BCUT2D eigenvalue weighted by molar-refractivity contribution is 0.627. The van der Waals surface area contributed by atoms with Crippen molar-refractivity contribution in [1.82, 2.24) is 5.43 Å². The standard InChI is InChI=1S/C17H15FN4S/c18-14-7-5-12(6-8-14)9-20-17(19)22-21-10-13-11-23-16-4-2-1-3-15(13)16/h1-8,10-11H,9H2,(H3,19,20,22). The summed E-state index contributed by atoms with van der Waals surface area (Å²) in [4.78, 5) is 4.15. The Balaban J connectivity index is 1.60. The molecule has 0 bridgehead atoms. The number of fused-ring (bicyclic) bond motifs is 1. The van der Waals surface area contributed by atoms with Gasteiger partial charge in [-0.3, -0.25) is 0 Å². The number of nitrogens with one attached hydrogen (secondary N) is 1. The summed E-state index contributed by atoms with van der Waals surface area (Å²) in [5.41, 5.74) is 10.4. The van der Waals surface area contributed by atoms with Crippen molar-refractivity contribution < 1.29 is 4.39 Å². The van der Waals surface area contributed by atoms with Gasteiger partial charge in [0.2, 0.25) is 5.96 Å². The topological polar surface area (TPSA) is 62.8 Å². The molecule has 116 valence electrons. The average Bonchev–Trinajstić information content (AvgIpc) is 2.98. The Morgan fingerprint density at radius 3 is 2.78 bits per heavy atom. The van der Waals surface area contributed by atoms with Crippen molar-refractivity contribution in [3.63, 3.8) is 0 Å². The summed E-state index contributed by atoms with van der Waals surface area (Å²) in [6.45, 7) is 0.371. The number of benzene rings is 2. The number of halogens is 1. The summed E-state index contributed by atoms with van der Waals surface area (Å²) >= 11 is 1.67. The third-order valence-electron chi connectivity index (χ3n) is 3.24. The van der Waals surface area contributed by atoms with Gasteiger partial charge >= 0.3 is 0 Å². The molecule has 1 heterocycles. The van der Waals surface area contributed by atoms with Gasteiger partial charge in [-0.25, -0.2) is 14.8 Å². The van der Waals surface area contributed by atoms with Crippen molar-refractivity contribution in [3.8, 4) is 0 Å². The van der Waals surface area contributed by atoms with Crippen molar-refractivity contribution in [1.29, 1.82) is 0 Å². The van der Waals surface area contributed by atoms with Gasteiger partial charge in [-0.05, 0) is 23.8 Å². The molecule has 0 unspecified atom stereocenters. The van der Waals surface area contributed by atoms with Crippen LogP contribution >= 0.6 is 11.3 Å². The lowest BCUT2D eigenvalue weighted by Crippen LogP contribution is -2.27. The summed E-state index contributed by atoms with van der Waals surface area (Å²) in [5, 5.41) is 7.31. The maximum atomic E-state index is 12.8. The zero-order valence-corrected chi connectivity index (χ0v) is 13.1. The largest absolute Gasteiger partial charge is 0.369 e. The summed E-state index contributed by atoms with van der Waals surface area (Å²) in [5.74, 6) is -0.0541. The highest BCUT2D eigenvalue weighted by molar-refractivity contribution is 7.17. The van der Waals surface area contributed by atoms with Crippen LogP contribution in [0.4, 0.5) is 4.39 Å². The summed E-state index contributed by atoms with van der Waals surface area (Å²) in [6, 6.07) is 14.3. The lowest BCUT2D eigenvalue weighted by atomic mass is 10.2. The smallest absolute Gasteiger partial charge is 0.209 e. The maximum absolute atomic E-state index is 12.8. The van der Waals surface area contributed by atoms with E-state index in [-0.39, 0.29) is 11.8 Å². The first-order chi connectivity index (χ1) is 11.2. The highest BCUT2D eigenvalue weighted by Crippen LogP contribution is 2.23. The van der Waals surface area contributed by atoms with Crippen LogP contribution in [0.5, 0.6) is 0 Å². The van der Waals surface area contributed by atoms with Crippen molar-refractivity contribution in [2.45, 2.75) is 6.54 Å². The second kappa shape index (κ2) is 7.02. The van der Waals surface area contributed by atoms with Crippen LogP contribution in [0, 0.1) is 5.82 Å². The Kier molecular flexibility index (Phi) is 4.63. The normalized spacial score (nSPS) is 12.1. The molecule has 3 rings (SSSR count). The van der Waals surface area contributed by atoms with Crippen LogP contribution < -0.4 is 11.2 Å². The van der Waals surface area contributed by atoms with Crippen LogP contribution in [0.2, 0.25) is 0 Å². The number of guanidine groups is 1. The highest BCUT2D eigenvalue weighted by atomic mass is 32.1. The van der Waals surface area contributed by atoms with Gasteiger partial charge in [-0.2, -0.15) is 5.10 Å². The Morgan fingerprint density at radius 2 is 1.96 bits per heavy atom. The molecular formula is C17H15FN4S. The van der Waals surface area contributed by atoms with Crippen molar-refractivity contribution in [2.75, 3.05) is 0 Å². The molecule has 0 amide bonds. The van der Waals surface area contributed by atoms with Gasteiger partial charge in [0.1, 0.15) is 5.82 Å². The van der Waals surface area contributed by atoms with Crippen LogP contribution in [0.1, 0.15) is 11.1 Å². The van der Waals surface area contributed by atoms with Gasteiger partial charge in [-0.1, -0.05) is 30.3 Å². The molecule has 1 aromatic heterocycles. The maximum Gasteiger partial charge on any atom is 0.209 e. The van der Waals surface area contributed by atoms with Crippen molar-refractivity contribution in [2.24, 2.45) is 15.8 Å². The van der Waals surface area contributed by atoms with E-state index >= 15 is 0 Å². The fourth-order valence-electron chi connectivity index (χ4n) is 2.07. The molecule has 6 heteroatoms. The van der Waals surface area contributed by atoms with E-state index in [4.69, 9.17) is 5.73 Å². The highest BCUT2D eigenvalue weighted by Gasteiger charge is 2.00. The number of hydrazone groups is 1. The third kappa shape index (κ3) is 3.92. The number of hydrogen-bond donors (Lipinski definition) is 2. The molecule has 3 N–H and O–H groups in total. The molecule has 0 spiro atoms. The molecule has 0 aliphatic carbocycles. The minimum absolute atomic E-state index is 0.213. The van der Waals surface area contributed by atoms with E-state index in [1.54, 1.807) is 29.7 Å². The SMILES string of the molecule is NC(=NCc1ccc(F)cc1)NN=Cc1csc2ccccc12. The number of rotatable bonds is 4. The van der Waals surface area contributed by atoms with E-state index in [2.05, 4.69) is 27.7 Å². The molecule has 3 aromatic rings. The molecule has 23 heavy (non-hydrogen) atoms. The Bertz CT molecular complexity index is 852. The number of aliphatic imine (C=N–C) groups is 1. The second-order valence-corrected chi connectivity index (χ2v) is 5.80. The zero-order chi connectivity index (χ0) is 16.1. The molecule has 0 saturated heterocycles. The van der Waals surface area contributed by atoms with E-state index < -0.39 is 0 Å². The molecule has 0 saturated carbocycles. The van der Waals surface area contributed by atoms with E-state index in [1.165, 1.54) is 16.8 Å². The predicted octanol–water partition coefficient (Wildman–Crippen LogP) is 3.48. The summed E-state index contributed by atoms with van der Waals surface area (Å²) < 4.78 is 14.0. The minimum Gasteiger partial charge on any atom is -0.369 e. The van der Waals surface area contributed by atoms with Crippen LogP contribution in [0.3, 0.4) is 0 Å². The number of hydrogen-bond acceptors (Lipinski definition) is 3. The van der Waals surface area contributed by atoms with Gasteiger partial charge in [0.25, 0.3) is 0 Å². The van der Waals surface area contributed by atoms with E-state index in [1.807, 2.05) is 17.5 Å². The van der Waals surface area contributed by atoms with Crippen LogP contribution in [0.15, 0.2) is 64.0 Å². The Hall–Kier alpha value is -2.73. The fraction of sp³-hybridized carbons (Fsp3) is 0.0588. The quantitative estimate of drug-likeness (QED) is 0.438. The van der Waals surface area contributed by atoms with Crippen LogP contribution in [-0.2, 0) is 6.54 Å². The van der Waals surface area contributed by atoms with Crippen molar-refractivity contribution >= 4 is 33.6 Å². The van der Waals surface area contributed by atoms with Gasteiger partial charge in [0, 0.05) is 21.0 Å². The third-order valence-corrected chi connectivity index (χ3v) is 4.22. The Morgan fingerprint density at radius 1 is 1.17 bits per heavy atom. The van der Waals surface area contributed by atoms with Crippen molar-refractivity contribution in [3.05, 3.63) is 70.9 Å². The molecule has 2 aromatic carbocycles. The molecule has 0 radical (unpaired) electrons. The van der Waals surface area contributed by atoms with Crippen LogP contribution in [0.25, 0.3) is 10.1 Å². The average molecular weight is 326 g/mol.